The molecule has 120 valence electrons. The van der Waals surface area contributed by atoms with E-state index in [4.69, 9.17) is 32.7 Å². The fourth-order valence-corrected chi connectivity index (χ4v) is 2.60. The number of halogens is 2. The van der Waals surface area contributed by atoms with Crippen molar-refractivity contribution in [3.8, 4) is 17.2 Å². The van der Waals surface area contributed by atoms with Crippen molar-refractivity contribution in [1.82, 2.24) is 0 Å². The molecule has 1 heterocycles. The van der Waals surface area contributed by atoms with Crippen molar-refractivity contribution >= 4 is 34.8 Å². The van der Waals surface area contributed by atoms with Gasteiger partial charge < -0.3 is 19.9 Å². The molecule has 0 bridgehead atoms. The van der Waals surface area contributed by atoms with Crippen LogP contribution in [-0.2, 0) is 0 Å². The summed E-state index contributed by atoms with van der Waals surface area (Å²) in [7, 11) is 0. The molecule has 2 aromatic carbocycles. The second kappa shape index (κ2) is 6.56. The lowest BCUT2D eigenvalue weighted by atomic mass is 10.1. The summed E-state index contributed by atoms with van der Waals surface area (Å²) >= 11 is 12.0. The van der Waals surface area contributed by atoms with E-state index in [1.165, 1.54) is 24.3 Å². The van der Waals surface area contributed by atoms with Gasteiger partial charge in [0.05, 0.1) is 23.9 Å². The molecule has 23 heavy (non-hydrogen) atoms. The van der Waals surface area contributed by atoms with Gasteiger partial charge in [-0.05, 0) is 30.3 Å². The molecule has 2 aromatic rings. The summed E-state index contributed by atoms with van der Waals surface area (Å²) in [6, 6.07) is 7.44. The van der Waals surface area contributed by atoms with E-state index in [1.54, 1.807) is 6.07 Å². The summed E-state index contributed by atoms with van der Waals surface area (Å²) in [5.41, 5.74) is 0.504. The fraction of sp³-hybridized carbons (Fsp3) is 0.188. The molecule has 3 rings (SSSR count). The van der Waals surface area contributed by atoms with E-state index in [9.17, 15) is 9.90 Å². The number of amides is 1. The summed E-state index contributed by atoms with van der Waals surface area (Å²) < 4.78 is 11.1. The smallest absolute Gasteiger partial charge is 0.255 e. The van der Waals surface area contributed by atoms with Crippen molar-refractivity contribution in [2.75, 3.05) is 18.5 Å². The minimum Gasteiger partial charge on any atom is -0.506 e. The van der Waals surface area contributed by atoms with Crippen LogP contribution in [0.5, 0.6) is 17.2 Å². The molecule has 1 amide bonds. The maximum atomic E-state index is 12.4. The van der Waals surface area contributed by atoms with Gasteiger partial charge in [0.1, 0.15) is 5.75 Å². The van der Waals surface area contributed by atoms with Gasteiger partial charge in [0.15, 0.2) is 11.5 Å². The summed E-state index contributed by atoms with van der Waals surface area (Å²) in [5, 5.41) is 13.1. The van der Waals surface area contributed by atoms with Gasteiger partial charge >= 0.3 is 0 Å². The van der Waals surface area contributed by atoms with Gasteiger partial charge in [-0.3, -0.25) is 4.79 Å². The van der Waals surface area contributed by atoms with E-state index >= 15 is 0 Å². The van der Waals surface area contributed by atoms with Crippen LogP contribution in [0.2, 0.25) is 10.0 Å². The Morgan fingerprint density at radius 3 is 2.74 bits per heavy atom. The Hall–Kier alpha value is -2.11. The maximum absolute atomic E-state index is 12.4. The van der Waals surface area contributed by atoms with Gasteiger partial charge in [-0.25, -0.2) is 0 Å². The van der Waals surface area contributed by atoms with Crippen LogP contribution in [0.4, 0.5) is 5.69 Å². The molecular formula is C16H13Cl2NO4. The lowest BCUT2D eigenvalue weighted by Crippen LogP contribution is -2.12. The molecule has 0 unspecified atom stereocenters. The minimum atomic E-state index is -0.444. The van der Waals surface area contributed by atoms with Crippen molar-refractivity contribution in [2.45, 2.75) is 6.42 Å². The number of carbonyl (C=O) groups excluding carboxylic acids is 1. The molecule has 0 radical (unpaired) electrons. The minimum absolute atomic E-state index is 0.0804. The predicted octanol–water partition coefficient (Wildman–Crippen LogP) is 4.11. The largest absolute Gasteiger partial charge is 0.506 e. The number of ether oxygens (including phenoxy) is 2. The maximum Gasteiger partial charge on any atom is 0.255 e. The van der Waals surface area contributed by atoms with E-state index in [-0.39, 0.29) is 11.4 Å². The fourth-order valence-electron chi connectivity index (χ4n) is 2.16. The molecule has 0 aliphatic carbocycles. The number of anilines is 1. The highest BCUT2D eigenvalue weighted by Gasteiger charge is 2.19. The van der Waals surface area contributed by atoms with Crippen LogP contribution in [0.1, 0.15) is 16.8 Å². The summed E-state index contributed by atoms with van der Waals surface area (Å²) in [5.74, 6) is 0.338. The summed E-state index contributed by atoms with van der Waals surface area (Å²) in [6.45, 7) is 0.998. The zero-order valence-electron chi connectivity index (χ0n) is 11.9. The molecule has 0 spiro atoms. The first kappa shape index (κ1) is 15.8. The third-order valence-corrected chi connectivity index (χ3v) is 3.79. The van der Waals surface area contributed by atoms with Crippen molar-refractivity contribution in [2.24, 2.45) is 0 Å². The number of hydrogen-bond donors (Lipinski definition) is 2. The Balaban J connectivity index is 1.89. The van der Waals surface area contributed by atoms with Crippen LogP contribution in [0.25, 0.3) is 0 Å². The van der Waals surface area contributed by atoms with E-state index in [0.717, 1.165) is 6.42 Å². The molecular weight excluding hydrogens is 341 g/mol. The highest BCUT2D eigenvalue weighted by Crippen LogP contribution is 2.38. The average Bonchev–Trinajstić information content (AvgIpc) is 2.76. The van der Waals surface area contributed by atoms with Crippen molar-refractivity contribution in [1.29, 1.82) is 0 Å². The van der Waals surface area contributed by atoms with Crippen molar-refractivity contribution in [3.63, 3.8) is 0 Å². The molecule has 0 atom stereocenters. The number of rotatable bonds is 2. The normalized spacial score (nSPS) is 13.3. The van der Waals surface area contributed by atoms with Crippen LogP contribution in [-0.4, -0.2) is 24.2 Å². The van der Waals surface area contributed by atoms with Crippen molar-refractivity contribution < 1.29 is 19.4 Å². The molecule has 0 saturated heterocycles. The number of phenolic OH excluding ortho intramolecular Hbond substituents is 1. The zero-order valence-corrected chi connectivity index (χ0v) is 13.4. The standard InChI is InChI=1S/C16H13Cl2NO4/c17-10-2-3-13(20)12(8-10)19-16(21)9-6-11(18)15-14(7-9)22-4-1-5-23-15/h2-3,6-8,20H,1,4-5H2,(H,19,21). The van der Waals surface area contributed by atoms with Gasteiger partial charge in [0.2, 0.25) is 0 Å². The quantitative estimate of drug-likeness (QED) is 0.797. The molecule has 0 fully saturated rings. The van der Waals surface area contributed by atoms with E-state index < -0.39 is 5.91 Å². The predicted molar refractivity (Wildman–Crippen MR) is 88.1 cm³/mol. The Morgan fingerprint density at radius 2 is 1.91 bits per heavy atom. The Morgan fingerprint density at radius 1 is 1.13 bits per heavy atom. The van der Waals surface area contributed by atoms with Crippen LogP contribution in [0.15, 0.2) is 30.3 Å². The number of fused-ring (bicyclic) bond motifs is 1. The molecule has 7 heteroatoms. The lowest BCUT2D eigenvalue weighted by Gasteiger charge is -2.12. The lowest BCUT2D eigenvalue weighted by molar-refractivity contribution is 0.102. The number of phenols is 1. The average molecular weight is 354 g/mol. The van der Waals surface area contributed by atoms with Gasteiger partial charge in [0.25, 0.3) is 5.91 Å². The monoisotopic (exact) mass is 353 g/mol. The van der Waals surface area contributed by atoms with Crippen molar-refractivity contribution in [3.05, 3.63) is 45.9 Å². The second-order valence-electron chi connectivity index (χ2n) is 4.95. The number of aromatic hydroxyl groups is 1. The molecule has 0 aromatic heterocycles. The number of carbonyl (C=O) groups is 1. The summed E-state index contributed by atoms with van der Waals surface area (Å²) in [4.78, 5) is 12.4. The van der Waals surface area contributed by atoms with Crippen LogP contribution in [0.3, 0.4) is 0 Å². The van der Waals surface area contributed by atoms with Crippen LogP contribution >= 0.6 is 23.2 Å². The Bertz CT molecular complexity index is 764. The van der Waals surface area contributed by atoms with Crippen LogP contribution < -0.4 is 14.8 Å². The van der Waals surface area contributed by atoms with Crippen LogP contribution in [0, 0.1) is 0 Å². The topological polar surface area (TPSA) is 67.8 Å². The molecule has 1 aliphatic rings. The van der Waals surface area contributed by atoms with Gasteiger partial charge in [-0.15, -0.1) is 0 Å². The first-order valence-electron chi connectivity index (χ1n) is 6.93. The highest BCUT2D eigenvalue weighted by atomic mass is 35.5. The number of benzene rings is 2. The SMILES string of the molecule is O=C(Nc1cc(Cl)ccc1O)c1cc(Cl)c2c(c1)OCCCO2. The Labute approximate surface area is 142 Å². The molecule has 1 aliphatic heterocycles. The molecule has 5 nitrogen and oxygen atoms in total. The second-order valence-corrected chi connectivity index (χ2v) is 5.80. The van der Waals surface area contributed by atoms with Gasteiger partial charge in [-0.1, -0.05) is 23.2 Å². The van der Waals surface area contributed by atoms with E-state index in [2.05, 4.69) is 5.32 Å². The van der Waals surface area contributed by atoms with E-state index in [1.807, 2.05) is 0 Å². The first-order chi connectivity index (χ1) is 11.0. The Kier molecular flexibility index (Phi) is 4.50. The first-order valence-corrected chi connectivity index (χ1v) is 7.69. The zero-order chi connectivity index (χ0) is 16.4. The molecule has 2 N–H and O–H groups in total. The third kappa shape index (κ3) is 3.46. The van der Waals surface area contributed by atoms with Gasteiger partial charge in [-0.2, -0.15) is 0 Å². The van der Waals surface area contributed by atoms with E-state index in [0.29, 0.717) is 40.3 Å². The number of hydrogen-bond acceptors (Lipinski definition) is 4. The highest BCUT2D eigenvalue weighted by molar-refractivity contribution is 6.33. The van der Waals surface area contributed by atoms with Gasteiger partial charge in [0, 0.05) is 17.0 Å². The number of nitrogens with one attached hydrogen (secondary N) is 1. The summed E-state index contributed by atoms with van der Waals surface area (Å²) in [6.07, 6.45) is 0.739. The molecule has 0 saturated carbocycles. The third-order valence-electron chi connectivity index (χ3n) is 3.27.